The molecular weight excluding hydrogens is 434 g/mol. The van der Waals surface area contributed by atoms with Crippen LogP contribution in [0.2, 0.25) is 5.02 Å². The molecule has 9 nitrogen and oxygen atoms in total. The van der Waals surface area contributed by atoms with Crippen LogP contribution in [0.4, 0.5) is 4.79 Å². The van der Waals surface area contributed by atoms with Gasteiger partial charge in [0, 0.05) is 19.6 Å². The molecule has 166 valence electrons. The van der Waals surface area contributed by atoms with E-state index in [-0.39, 0.29) is 15.5 Å². The molecule has 0 saturated carbocycles. The number of piperidine rings is 1. The smallest absolute Gasteiger partial charge is 0.338 e. The molecule has 0 aliphatic carbocycles. The molecule has 11 heteroatoms. The fourth-order valence-corrected chi connectivity index (χ4v) is 4.89. The van der Waals surface area contributed by atoms with Crippen LogP contribution in [0.5, 0.6) is 0 Å². The highest BCUT2D eigenvalue weighted by molar-refractivity contribution is 7.89. The molecule has 0 bridgehead atoms. The molecule has 0 atom stereocenters. The SMILES string of the molecule is CCCCNC(=O)NC(=O)COC(=O)c1ccc(Cl)c(S(=O)(=O)N2CCCCC2)c1. The lowest BCUT2D eigenvalue weighted by molar-refractivity contribution is -0.123. The Morgan fingerprint density at radius 3 is 2.53 bits per heavy atom. The summed E-state index contributed by atoms with van der Waals surface area (Å²) in [6, 6.07) is 3.08. The Bertz CT molecular complexity index is 884. The summed E-state index contributed by atoms with van der Waals surface area (Å²) in [5, 5.41) is 4.54. The second-order valence-corrected chi connectivity index (χ2v) is 9.16. The van der Waals surface area contributed by atoms with E-state index in [0.717, 1.165) is 38.2 Å². The molecule has 1 fully saturated rings. The molecule has 30 heavy (non-hydrogen) atoms. The van der Waals surface area contributed by atoms with Crippen molar-refractivity contribution in [1.29, 1.82) is 0 Å². The number of nitrogens with zero attached hydrogens (tertiary/aromatic N) is 1. The summed E-state index contributed by atoms with van der Waals surface area (Å²) < 4.78 is 31.9. The van der Waals surface area contributed by atoms with E-state index >= 15 is 0 Å². The molecule has 0 spiro atoms. The molecule has 1 heterocycles. The predicted molar refractivity (Wildman–Crippen MR) is 111 cm³/mol. The molecule has 1 aliphatic rings. The van der Waals surface area contributed by atoms with Crippen molar-refractivity contribution in [2.24, 2.45) is 0 Å². The van der Waals surface area contributed by atoms with E-state index in [9.17, 15) is 22.8 Å². The molecule has 0 unspecified atom stereocenters. The Balaban J connectivity index is 1.99. The summed E-state index contributed by atoms with van der Waals surface area (Å²) in [7, 11) is -3.85. The number of hydrogen-bond donors (Lipinski definition) is 2. The number of carbonyl (C=O) groups excluding carboxylic acids is 3. The molecule has 0 aromatic heterocycles. The summed E-state index contributed by atoms with van der Waals surface area (Å²) in [5.74, 6) is -1.70. The highest BCUT2D eigenvalue weighted by Gasteiger charge is 2.29. The Kier molecular flexibility index (Phi) is 9.07. The van der Waals surface area contributed by atoms with Crippen LogP contribution < -0.4 is 10.6 Å². The number of sulfonamides is 1. The van der Waals surface area contributed by atoms with E-state index in [2.05, 4.69) is 5.32 Å². The molecule has 1 aromatic carbocycles. The minimum atomic E-state index is -3.85. The third-order valence-electron chi connectivity index (χ3n) is 4.50. The van der Waals surface area contributed by atoms with Gasteiger partial charge < -0.3 is 10.1 Å². The maximum absolute atomic E-state index is 12.9. The molecule has 2 rings (SSSR count). The Hall–Kier alpha value is -2.17. The Labute approximate surface area is 181 Å². The number of amides is 3. The topological polar surface area (TPSA) is 122 Å². The van der Waals surface area contributed by atoms with Gasteiger partial charge >= 0.3 is 12.0 Å². The second-order valence-electron chi connectivity index (χ2n) is 6.84. The molecule has 1 aromatic rings. The monoisotopic (exact) mass is 459 g/mol. The van der Waals surface area contributed by atoms with Crippen molar-refractivity contribution in [3.63, 3.8) is 0 Å². The average molecular weight is 460 g/mol. The Morgan fingerprint density at radius 1 is 1.17 bits per heavy atom. The van der Waals surface area contributed by atoms with Gasteiger partial charge in [0.1, 0.15) is 4.90 Å². The van der Waals surface area contributed by atoms with E-state index < -0.39 is 34.5 Å². The van der Waals surface area contributed by atoms with Crippen molar-refractivity contribution in [1.82, 2.24) is 14.9 Å². The quantitative estimate of drug-likeness (QED) is 0.454. The molecule has 1 saturated heterocycles. The lowest BCUT2D eigenvalue weighted by Crippen LogP contribution is -2.41. The summed E-state index contributed by atoms with van der Waals surface area (Å²) >= 11 is 6.08. The van der Waals surface area contributed by atoms with Crippen LogP contribution in [0.25, 0.3) is 0 Å². The first-order chi connectivity index (χ1) is 14.3. The van der Waals surface area contributed by atoms with Crippen molar-refractivity contribution >= 4 is 39.5 Å². The minimum Gasteiger partial charge on any atom is -0.452 e. The third kappa shape index (κ3) is 6.68. The van der Waals surface area contributed by atoms with E-state index in [1.807, 2.05) is 12.2 Å². The van der Waals surface area contributed by atoms with Gasteiger partial charge in [0.25, 0.3) is 5.91 Å². The number of urea groups is 1. The van der Waals surface area contributed by atoms with Crippen molar-refractivity contribution in [3.05, 3.63) is 28.8 Å². The number of rotatable bonds is 8. The lowest BCUT2D eigenvalue weighted by Gasteiger charge is -2.26. The molecular formula is C19H26ClN3O6S. The first-order valence-electron chi connectivity index (χ1n) is 9.80. The van der Waals surface area contributed by atoms with Crippen LogP contribution in [0.1, 0.15) is 49.4 Å². The number of carbonyl (C=O) groups is 3. The number of ether oxygens (including phenoxy) is 1. The third-order valence-corrected chi connectivity index (χ3v) is 6.88. The largest absolute Gasteiger partial charge is 0.452 e. The number of esters is 1. The van der Waals surface area contributed by atoms with Crippen molar-refractivity contribution < 1.29 is 27.5 Å². The fraction of sp³-hybridized carbons (Fsp3) is 0.526. The van der Waals surface area contributed by atoms with Gasteiger partial charge in [0.15, 0.2) is 6.61 Å². The average Bonchev–Trinajstić information content (AvgIpc) is 2.73. The van der Waals surface area contributed by atoms with Crippen LogP contribution in [0.3, 0.4) is 0 Å². The van der Waals surface area contributed by atoms with Gasteiger partial charge in [-0.1, -0.05) is 31.4 Å². The van der Waals surface area contributed by atoms with Gasteiger partial charge in [-0.2, -0.15) is 4.31 Å². The normalized spacial score (nSPS) is 14.7. The maximum Gasteiger partial charge on any atom is 0.338 e. The van der Waals surface area contributed by atoms with E-state index in [1.54, 1.807) is 0 Å². The number of unbranched alkanes of at least 4 members (excludes halogenated alkanes) is 1. The summed E-state index contributed by atoms with van der Waals surface area (Å²) in [6.45, 7) is 2.50. The zero-order chi connectivity index (χ0) is 22.1. The zero-order valence-electron chi connectivity index (χ0n) is 16.8. The maximum atomic E-state index is 12.9. The van der Waals surface area contributed by atoms with Crippen LogP contribution in [0.15, 0.2) is 23.1 Å². The fourth-order valence-electron chi connectivity index (χ4n) is 2.87. The van der Waals surface area contributed by atoms with Gasteiger partial charge in [-0.3, -0.25) is 10.1 Å². The van der Waals surface area contributed by atoms with Crippen molar-refractivity contribution in [2.75, 3.05) is 26.2 Å². The van der Waals surface area contributed by atoms with Crippen molar-refractivity contribution in [2.45, 2.75) is 43.9 Å². The zero-order valence-corrected chi connectivity index (χ0v) is 18.4. The first kappa shape index (κ1) is 24.1. The Morgan fingerprint density at radius 2 is 1.87 bits per heavy atom. The second kappa shape index (κ2) is 11.3. The van der Waals surface area contributed by atoms with E-state index in [1.165, 1.54) is 16.4 Å². The molecule has 3 amide bonds. The highest BCUT2D eigenvalue weighted by Crippen LogP contribution is 2.28. The van der Waals surface area contributed by atoms with Gasteiger partial charge in [-0.05, 0) is 37.5 Å². The van der Waals surface area contributed by atoms with Gasteiger partial charge in [0.05, 0.1) is 10.6 Å². The number of nitrogens with one attached hydrogen (secondary N) is 2. The van der Waals surface area contributed by atoms with Crippen LogP contribution in [-0.2, 0) is 19.6 Å². The predicted octanol–water partition coefficient (Wildman–Crippen LogP) is 2.30. The van der Waals surface area contributed by atoms with Crippen LogP contribution in [0, 0.1) is 0 Å². The van der Waals surface area contributed by atoms with E-state index in [4.69, 9.17) is 16.3 Å². The molecule has 2 N–H and O–H groups in total. The standard InChI is InChI=1S/C19H26ClN3O6S/c1-2-3-9-21-19(26)22-17(24)13-29-18(25)14-7-8-15(20)16(12-14)30(27,28)23-10-5-4-6-11-23/h7-8,12H,2-6,9-11,13H2,1H3,(H2,21,22,24,26). The number of halogens is 1. The number of benzene rings is 1. The van der Waals surface area contributed by atoms with Crippen LogP contribution in [-0.4, -0.2) is 56.9 Å². The van der Waals surface area contributed by atoms with Crippen LogP contribution >= 0.6 is 11.6 Å². The molecule has 1 aliphatic heterocycles. The van der Waals surface area contributed by atoms with E-state index in [0.29, 0.717) is 19.6 Å². The highest BCUT2D eigenvalue weighted by atomic mass is 35.5. The first-order valence-corrected chi connectivity index (χ1v) is 11.6. The summed E-state index contributed by atoms with van der Waals surface area (Å²) in [4.78, 5) is 35.3. The summed E-state index contributed by atoms with van der Waals surface area (Å²) in [6.07, 6.45) is 4.16. The van der Waals surface area contributed by atoms with Gasteiger partial charge in [-0.25, -0.2) is 18.0 Å². The lowest BCUT2D eigenvalue weighted by atomic mass is 10.2. The molecule has 0 radical (unpaired) electrons. The van der Waals surface area contributed by atoms with Gasteiger partial charge in [-0.15, -0.1) is 0 Å². The van der Waals surface area contributed by atoms with Crippen molar-refractivity contribution in [3.8, 4) is 0 Å². The summed E-state index contributed by atoms with van der Waals surface area (Å²) in [5.41, 5.74) is -0.0600. The number of hydrogen-bond acceptors (Lipinski definition) is 6. The van der Waals surface area contributed by atoms with Gasteiger partial charge in [0.2, 0.25) is 10.0 Å². The minimum absolute atomic E-state index is 0.00128. The number of imide groups is 1.